The number of unbranched alkanes of at least 4 members (excludes halogenated alkanes) is 1. The highest BCUT2D eigenvalue weighted by molar-refractivity contribution is 8.76. The van der Waals surface area contributed by atoms with Gasteiger partial charge in [-0.3, -0.25) is 33.6 Å². The van der Waals surface area contributed by atoms with Crippen molar-refractivity contribution in [3.8, 4) is 5.75 Å². The lowest BCUT2D eigenvalue weighted by Crippen LogP contribution is -2.62. The molecule has 0 saturated carbocycles. The Morgan fingerprint density at radius 2 is 1.04 bits per heavy atom. The average Bonchev–Trinajstić information content (AvgIpc) is 3.82. The monoisotopic (exact) mass is 1090 g/mol. The van der Waals surface area contributed by atoms with Gasteiger partial charge in [-0.25, -0.2) is 4.79 Å². The highest BCUT2D eigenvalue weighted by atomic mass is 33.1. The number of carboxylic acid groups (broad SMARTS) is 1. The number of hydrogen-bond acceptors (Lipinski definition) is 14. The molecule has 1 fully saturated rings. The van der Waals surface area contributed by atoms with Gasteiger partial charge in [0.2, 0.25) is 41.4 Å². The molecule has 1 aliphatic rings. The van der Waals surface area contributed by atoms with Crippen LogP contribution in [0.25, 0.3) is 10.9 Å². The molecule has 15 N–H and O–H groups in total. The van der Waals surface area contributed by atoms with E-state index in [-0.39, 0.29) is 55.9 Å². The Labute approximate surface area is 453 Å². The molecule has 4 aromatic carbocycles. The summed E-state index contributed by atoms with van der Waals surface area (Å²) in [6.45, 7) is 1.48. The Kier molecular flexibility index (Phi) is 22.3. The predicted molar refractivity (Wildman–Crippen MR) is 293 cm³/mol. The zero-order valence-electron chi connectivity index (χ0n) is 42.3. The molecule has 1 aliphatic heterocycles. The maximum absolute atomic E-state index is 14.9. The van der Waals surface area contributed by atoms with E-state index in [0.29, 0.717) is 35.1 Å². The van der Waals surface area contributed by atoms with Crippen LogP contribution in [0.4, 0.5) is 0 Å². The second-order valence-electron chi connectivity index (χ2n) is 18.7. The van der Waals surface area contributed by atoms with Crippen LogP contribution in [0.5, 0.6) is 5.75 Å². The summed E-state index contributed by atoms with van der Waals surface area (Å²) in [7, 11) is 2.04. The number of aromatic hydroxyl groups is 1. The third-order valence-corrected chi connectivity index (χ3v) is 15.2. The maximum Gasteiger partial charge on any atom is 0.327 e. The van der Waals surface area contributed by atoms with Gasteiger partial charge < -0.3 is 69.0 Å². The zero-order chi connectivity index (χ0) is 55.4. The standard InChI is InChI=1S/C54H66N10O11S2/c1-31(65)46-53(73)62-43(25-33-14-6-3-7-15-33)51(71)63-45(54(74)75)30-77-76-29-38(56)47(67)59-41(24-32-12-4-2-5-13-32)49(69)60-42(26-34-19-21-36(66)22-20-34)50(70)61-44(27-35-28-57-39-17-9-8-16-37(35)39)52(72)58-40(48(68)64-46)18-10-11-23-55/h2-9,12-17,19-22,28,31,38,40-46,57,65-66H,10-11,18,23-27,29-30,55-56H2,1H3,(H,58,72)(H,59,67)(H,60,69)(H,61,70)(H,62,73)(H,63,71)(H,64,68)(H,74,75)/t31-,38+,40+,41+,42+,43+,44-,45+,46+/m1/s1. The normalized spacial score (nSPS) is 23.5. The molecule has 21 nitrogen and oxygen atoms in total. The number of aliphatic hydroxyl groups is 1. The van der Waals surface area contributed by atoms with E-state index in [1.54, 1.807) is 85.1 Å². The topological polar surface area (TPSA) is 349 Å². The van der Waals surface area contributed by atoms with E-state index in [1.165, 1.54) is 19.1 Å². The van der Waals surface area contributed by atoms with Gasteiger partial charge in [0.1, 0.15) is 48.0 Å². The zero-order valence-corrected chi connectivity index (χ0v) is 43.9. The number of rotatable bonds is 14. The summed E-state index contributed by atoms with van der Waals surface area (Å²) in [5, 5.41) is 50.7. The van der Waals surface area contributed by atoms with Crippen LogP contribution < -0.4 is 48.7 Å². The van der Waals surface area contributed by atoms with Gasteiger partial charge in [0.05, 0.1) is 12.1 Å². The van der Waals surface area contributed by atoms with Crippen molar-refractivity contribution in [2.24, 2.45) is 11.5 Å². The third-order valence-electron chi connectivity index (χ3n) is 12.7. The number of carbonyl (C=O) groups is 8. The first kappa shape index (κ1) is 58.8. The second kappa shape index (κ2) is 29.2. The number of nitrogens with two attached hydrogens (primary N) is 2. The molecule has 1 saturated heterocycles. The molecule has 5 aromatic rings. The number of H-pyrrole nitrogens is 1. The highest BCUT2D eigenvalue weighted by Gasteiger charge is 2.36. The number of hydrogen-bond donors (Lipinski definition) is 13. The number of benzene rings is 4. The molecule has 77 heavy (non-hydrogen) atoms. The smallest absolute Gasteiger partial charge is 0.327 e. The van der Waals surface area contributed by atoms with E-state index in [0.717, 1.165) is 32.5 Å². The van der Waals surface area contributed by atoms with Crippen molar-refractivity contribution in [2.75, 3.05) is 18.1 Å². The molecule has 0 bridgehead atoms. The summed E-state index contributed by atoms with van der Waals surface area (Å²) >= 11 is 0. The lowest BCUT2D eigenvalue weighted by Gasteiger charge is -2.29. The third kappa shape index (κ3) is 17.8. The molecular weight excluding hydrogens is 1030 g/mol. The molecule has 0 radical (unpaired) electrons. The van der Waals surface area contributed by atoms with Crippen molar-refractivity contribution in [1.29, 1.82) is 0 Å². The summed E-state index contributed by atoms with van der Waals surface area (Å²) in [5.41, 5.74) is 15.3. The van der Waals surface area contributed by atoms with Crippen molar-refractivity contribution in [3.05, 3.63) is 138 Å². The Morgan fingerprint density at radius 1 is 0.571 bits per heavy atom. The molecule has 6 rings (SSSR count). The van der Waals surface area contributed by atoms with E-state index >= 15 is 0 Å². The van der Waals surface area contributed by atoms with Crippen molar-refractivity contribution in [1.82, 2.24) is 42.2 Å². The number of aliphatic carboxylic acids is 1. The Morgan fingerprint density at radius 3 is 1.60 bits per heavy atom. The number of phenols is 1. The minimum atomic E-state index is -1.71. The van der Waals surface area contributed by atoms with Crippen molar-refractivity contribution < 1.29 is 53.7 Å². The van der Waals surface area contributed by atoms with Crippen LogP contribution >= 0.6 is 21.6 Å². The van der Waals surface area contributed by atoms with Crippen LogP contribution in [-0.4, -0.2) is 140 Å². The molecule has 2 heterocycles. The molecular formula is C54H66N10O11S2. The molecule has 7 amide bonds. The number of para-hydroxylation sites is 1. The van der Waals surface area contributed by atoms with E-state index in [2.05, 4.69) is 42.2 Å². The average molecular weight is 1100 g/mol. The van der Waals surface area contributed by atoms with Crippen LogP contribution in [0.15, 0.2) is 115 Å². The van der Waals surface area contributed by atoms with Crippen molar-refractivity contribution >= 4 is 79.8 Å². The van der Waals surface area contributed by atoms with Gasteiger partial charge >= 0.3 is 5.97 Å². The summed E-state index contributed by atoms with van der Waals surface area (Å²) in [6, 6.07) is 19.1. The number of amides is 7. The molecule has 9 atom stereocenters. The molecule has 410 valence electrons. The maximum atomic E-state index is 14.9. The van der Waals surface area contributed by atoms with Crippen LogP contribution in [0.3, 0.4) is 0 Å². The van der Waals surface area contributed by atoms with Gasteiger partial charge in [0.15, 0.2) is 0 Å². The number of phenolic OH excluding ortho intramolecular Hbond substituents is 1. The SMILES string of the molecule is C[C@@H](O)[C@@H]1NC(=O)[C@H](CCCCN)NC(=O)[C@@H](Cc2c[nH]c3ccccc23)NC(=O)[C@H](Cc2ccc(O)cc2)NC(=O)[C@H](Cc2ccccc2)NC(=O)[C@@H](N)CSSC[C@@H](C(=O)O)NC(=O)[C@H](Cc2ccccc2)NC1=O. The Hall–Kier alpha value is -7.44. The summed E-state index contributed by atoms with van der Waals surface area (Å²) < 4.78 is 0. The number of fused-ring (bicyclic) bond motifs is 1. The first-order valence-corrected chi connectivity index (χ1v) is 27.6. The lowest BCUT2D eigenvalue weighted by atomic mass is 10.00. The van der Waals surface area contributed by atoms with Gasteiger partial charge in [0.25, 0.3) is 0 Å². The van der Waals surface area contributed by atoms with E-state index in [1.807, 2.05) is 18.2 Å². The number of carboxylic acids is 1. The number of carbonyl (C=O) groups excluding carboxylic acids is 7. The summed E-state index contributed by atoms with van der Waals surface area (Å²) in [6.07, 6.45) is 0.380. The molecule has 0 spiro atoms. The lowest BCUT2D eigenvalue weighted by molar-refractivity contribution is -0.141. The molecule has 0 aliphatic carbocycles. The Balaban J connectivity index is 1.40. The molecule has 23 heteroatoms. The quantitative estimate of drug-likeness (QED) is 0.0542. The fourth-order valence-electron chi connectivity index (χ4n) is 8.46. The van der Waals surface area contributed by atoms with E-state index < -0.39 is 102 Å². The van der Waals surface area contributed by atoms with Gasteiger partial charge in [0, 0.05) is 54.3 Å². The highest BCUT2D eigenvalue weighted by Crippen LogP contribution is 2.24. The van der Waals surface area contributed by atoms with E-state index in [4.69, 9.17) is 11.5 Å². The predicted octanol–water partition coefficient (Wildman–Crippen LogP) is 0.854. The number of aromatic nitrogens is 1. The number of nitrogens with one attached hydrogen (secondary N) is 8. The van der Waals surface area contributed by atoms with Crippen molar-refractivity contribution in [3.63, 3.8) is 0 Å². The number of aliphatic hydroxyl groups excluding tert-OH is 1. The minimum absolute atomic E-state index is 0.0136. The van der Waals surface area contributed by atoms with Crippen molar-refractivity contribution in [2.45, 2.75) is 106 Å². The largest absolute Gasteiger partial charge is 0.508 e. The Bertz CT molecular complexity index is 2810. The summed E-state index contributed by atoms with van der Waals surface area (Å²) in [5.74, 6) is -7.73. The van der Waals surface area contributed by atoms with Crippen LogP contribution in [0, 0.1) is 0 Å². The van der Waals surface area contributed by atoms with Crippen LogP contribution in [-0.2, 0) is 64.0 Å². The first-order chi connectivity index (χ1) is 37.0. The summed E-state index contributed by atoms with van der Waals surface area (Å²) in [4.78, 5) is 116. The van der Waals surface area contributed by atoms with Gasteiger partial charge in [-0.05, 0) is 73.2 Å². The molecule has 1 aromatic heterocycles. The van der Waals surface area contributed by atoms with Gasteiger partial charge in [-0.1, -0.05) is 113 Å². The number of aromatic amines is 1. The fraction of sp³-hybridized carbons (Fsp3) is 0.370. The first-order valence-electron chi connectivity index (χ1n) is 25.1. The second-order valence-corrected chi connectivity index (χ2v) is 21.3. The fourth-order valence-corrected chi connectivity index (χ4v) is 10.7. The van der Waals surface area contributed by atoms with Crippen LogP contribution in [0.1, 0.15) is 48.4 Å². The minimum Gasteiger partial charge on any atom is -0.508 e. The van der Waals surface area contributed by atoms with Crippen LogP contribution in [0.2, 0.25) is 0 Å². The van der Waals surface area contributed by atoms with Gasteiger partial charge in [-0.15, -0.1) is 0 Å². The molecule has 0 unspecified atom stereocenters. The van der Waals surface area contributed by atoms with E-state index in [9.17, 15) is 53.7 Å². The van der Waals surface area contributed by atoms with Gasteiger partial charge in [-0.2, -0.15) is 0 Å².